The summed E-state index contributed by atoms with van der Waals surface area (Å²) < 4.78 is 0. The van der Waals surface area contributed by atoms with Crippen LogP contribution in [0.3, 0.4) is 0 Å². The molecule has 1 nitrogen and oxygen atoms in total. The lowest BCUT2D eigenvalue weighted by Gasteiger charge is -2.27. The molecule has 0 spiro atoms. The Morgan fingerprint density at radius 3 is 2.50 bits per heavy atom. The summed E-state index contributed by atoms with van der Waals surface area (Å²) in [7, 11) is 0. The van der Waals surface area contributed by atoms with Crippen molar-refractivity contribution in [2.45, 2.75) is 58.5 Å². The van der Waals surface area contributed by atoms with Gasteiger partial charge in [0.1, 0.15) is 0 Å². The molecule has 2 atom stereocenters. The minimum Gasteiger partial charge on any atom is -0.393 e. The maximum Gasteiger partial charge on any atom is 0.0568 e. The van der Waals surface area contributed by atoms with Crippen molar-refractivity contribution in [2.75, 3.05) is 0 Å². The van der Waals surface area contributed by atoms with E-state index in [4.69, 9.17) is 0 Å². The molecular formula is C11H22O. The van der Waals surface area contributed by atoms with E-state index in [2.05, 4.69) is 13.8 Å². The summed E-state index contributed by atoms with van der Waals surface area (Å²) in [4.78, 5) is 0. The van der Waals surface area contributed by atoms with Gasteiger partial charge < -0.3 is 5.11 Å². The van der Waals surface area contributed by atoms with E-state index in [-0.39, 0.29) is 6.10 Å². The molecule has 1 aliphatic carbocycles. The maximum atomic E-state index is 9.68. The molecule has 0 aliphatic heterocycles. The van der Waals surface area contributed by atoms with Crippen molar-refractivity contribution in [3.05, 3.63) is 0 Å². The van der Waals surface area contributed by atoms with Gasteiger partial charge in [0.15, 0.2) is 0 Å². The first-order chi connectivity index (χ1) is 5.70. The van der Waals surface area contributed by atoms with E-state index in [1.54, 1.807) is 0 Å². The number of hydrogen-bond acceptors (Lipinski definition) is 1. The van der Waals surface area contributed by atoms with Gasteiger partial charge in [0.05, 0.1) is 6.10 Å². The summed E-state index contributed by atoms with van der Waals surface area (Å²) in [5.41, 5.74) is 0. The summed E-state index contributed by atoms with van der Waals surface area (Å²) in [6, 6.07) is 0. The van der Waals surface area contributed by atoms with Crippen molar-refractivity contribution in [2.24, 2.45) is 11.8 Å². The standard InChI is InChI=1S/C11H22O/c1-9(2)7-8-10-5-3-4-6-11(10)12/h9-12H,3-8H2,1-2H3/t10-,11-/m1/s1. The molecule has 1 rings (SSSR count). The summed E-state index contributed by atoms with van der Waals surface area (Å²) in [6.45, 7) is 4.52. The van der Waals surface area contributed by atoms with Crippen LogP contribution in [0.15, 0.2) is 0 Å². The van der Waals surface area contributed by atoms with Crippen molar-refractivity contribution in [1.82, 2.24) is 0 Å². The van der Waals surface area contributed by atoms with Crippen molar-refractivity contribution >= 4 is 0 Å². The van der Waals surface area contributed by atoms with Crippen LogP contribution in [0.5, 0.6) is 0 Å². The Hall–Kier alpha value is -0.0400. The molecule has 0 radical (unpaired) electrons. The molecule has 1 saturated carbocycles. The van der Waals surface area contributed by atoms with E-state index < -0.39 is 0 Å². The van der Waals surface area contributed by atoms with E-state index >= 15 is 0 Å². The van der Waals surface area contributed by atoms with E-state index in [1.165, 1.54) is 32.1 Å². The quantitative estimate of drug-likeness (QED) is 0.690. The first kappa shape index (κ1) is 10.0. The normalized spacial score (nSPS) is 31.0. The molecule has 1 N–H and O–H groups in total. The van der Waals surface area contributed by atoms with Crippen LogP contribution in [0.2, 0.25) is 0 Å². The molecule has 0 aromatic rings. The molecule has 0 aromatic heterocycles. The topological polar surface area (TPSA) is 20.2 Å². The molecule has 0 amide bonds. The highest BCUT2D eigenvalue weighted by atomic mass is 16.3. The van der Waals surface area contributed by atoms with Gasteiger partial charge in [0.25, 0.3) is 0 Å². The van der Waals surface area contributed by atoms with Crippen molar-refractivity contribution < 1.29 is 5.11 Å². The monoisotopic (exact) mass is 170 g/mol. The van der Waals surface area contributed by atoms with Crippen LogP contribution in [0.25, 0.3) is 0 Å². The molecule has 0 heterocycles. The predicted molar refractivity (Wildman–Crippen MR) is 52.0 cm³/mol. The van der Waals surface area contributed by atoms with Gasteiger partial charge in [0.2, 0.25) is 0 Å². The Morgan fingerprint density at radius 2 is 1.92 bits per heavy atom. The van der Waals surface area contributed by atoms with E-state index in [0.717, 1.165) is 12.3 Å². The van der Waals surface area contributed by atoms with Gasteiger partial charge in [-0.25, -0.2) is 0 Å². The molecule has 0 unspecified atom stereocenters. The van der Waals surface area contributed by atoms with Crippen LogP contribution >= 0.6 is 0 Å². The second-order valence-electron chi connectivity index (χ2n) is 4.58. The molecule has 12 heavy (non-hydrogen) atoms. The zero-order valence-electron chi connectivity index (χ0n) is 8.42. The van der Waals surface area contributed by atoms with Crippen LogP contribution < -0.4 is 0 Å². The van der Waals surface area contributed by atoms with Gasteiger partial charge in [-0.2, -0.15) is 0 Å². The second kappa shape index (κ2) is 4.86. The molecule has 0 bridgehead atoms. The minimum absolute atomic E-state index is 0.0116. The van der Waals surface area contributed by atoms with Crippen LogP contribution in [0.1, 0.15) is 52.4 Å². The van der Waals surface area contributed by atoms with Crippen LogP contribution in [0, 0.1) is 11.8 Å². The molecule has 1 aliphatic rings. The lowest BCUT2D eigenvalue weighted by Crippen LogP contribution is -2.24. The fourth-order valence-corrected chi connectivity index (χ4v) is 2.07. The Bertz CT molecular complexity index is 120. The van der Waals surface area contributed by atoms with Gasteiger partial charge >= 0.3 is 0 Å². The zero-order chi connectivity index (χ0) is 8.97. The Kier molecular flexibility index (Phi) is 4.07. The smallest absolute Gasteiger partial charge is 0.0568 e. The van der Waals surface area contributed by atoms with E-state index in [1.807, 2.05) is 0 Å². The fraction of sp³-hybridized carbons (Fsp3) is 1.00. The third kappa shape index (κ3) is 3.14. The summed E-state index contributed by atoms with van der Waals surface area (Å²) >= 11 is 0. The largest absolute Gasteiger partial charge is 0.393 e. The van der Waals surface area contributed by atoms with Crippen LogP contribution in [-0.4, -0.2) is 11.2 Å². The van der Waals surface area contributed by atoms with Gasteiger partial charge in [-0.05, 0) is 31.1 Å². The predicted octanol–water partition coefficient (Wildman–Crippen LogP) is 2.97. The van der Waals surface area contributed by atoms with Crippen LogP contribution in [0.4, 0.5) is 0 Å². The van der Waals surface area contributed by atoms with Gasteiger partial charge in [0, 0.05) is 0 Å². The van der Waals surface area contributed by atoms with Crippen molar-refractivity contribution in [3.8, 4) is 0 Å². The van der Waals surface area contributed by atoms with Gasteiger partial charge in [-0.15, -0.1) is 0 Å². The highest BCUT2D eigenvalue weighted by Crippen LogP contribution is 2.28. The highest BCUT2D eigenvalue weighted by molar-refractivity contribution is 4.74. The zero-order valence-corrected chi connectivity index (χ0v) is 8.42. The summed E-state index contributed by atoms with van der Waals surface area (Å²) in [5, 5.41) is 9.68. The molecule has 0 aromatic carbocycles. The SMILES string of the molecule is CC(C)CC[C@H]1CCCC[C@H]1O. The number of hydrogen-bond donors (Lipinski definition) is 1. The third-order valence-electron chi connectivity index (χ3n) is 2.98. The maximum absolute atomic E-state index is 9.68. The lowest BCUT2D eigenvalue weighted by atomic mass is 9.82. The molecule has 72 valence electrons. The summed E-state index contributed by atoms with van der Waals surface area (Å²) in [5.74, 6) is 1.40. The van der Waals surface area contributed by atoms with E-state index in [0.29, 0.717) is 5.92 Å². The minimum atomic E-state index is 0.0116. The first-order valence-corrected chi connectivity index (χ1v) is 5.38. The Morgan fingerprint density at radius 1 is 1.25 bits per heavy atom. The second-order valence-corrected chi connectivity index (χ2v) is 4.58. The first-order valence-electron chi connectivity index (χ1n) is 5.38. The Labute approximate surface area is 76.2 Å². The molecule has 1 heteroatoms. The number of aliphatic hydroxyl groups excluding tert-OH is 1. The molecular weight excluding hydrogens is 148 g/mol. The van der Waals surface area contributed by atoms with E-state index in [9.17, 15) is 5.11 Å². The number of rotatable bonds is 3. The van der Waals surface area contributed by atoms with Crippen molar-refractivity contribution in [3.63, 3.8) is 0 Å². The van der Waals surface area contributed by atoms with Gasteiger partial charge in [-0.3, -0.25) is 0 Å². The lowest BCUT2D eigenvalue weighted by molar-refractivity contribution is 0.0625. The average Bonchev–Trinajstić information content (AvgIpc) is 2.03. The highest BCUT2D eigenvalue weighted by Gasteiger charge is 2.22. The fourth-order valence-electron chi connectivity index (χ4n) is 2.07. The average molecular weight is 170 g/mol. The molecule has 1 fully saturated rings. The number of aliphatic hydroxyl groups is 1. The van der Waals surface area contributed by atoms with Crippen LogP contribution in [-0.2, 0) is 0 Å². The van der Waals surface area contributed by atoms with Crippen molar-refractivity contribution in [1.29, 1.82) is 0 Å². The Balaban J connectivity index is 2.20. The third-order valence-corrected chi connectivity index (χ3v) is 2.98. The summed E-state index contributed by atoms with van der Waals surface area (Å²) in [6.07, 6.45) is 7.40. The van der Waals surface area contributed by atoms with Gasteiger partial charge in [-0.1, -0.05) is 33.1 Å². The molecule has 0 saturated heterocycles.